The van der Waals surface area contributed by atoms with Gasteiger partial charge in [0.2, 0.25) is 11.8 Å². The van der Waals surface area contributed by atoms with E-state index in [2.05, 4.69) is 10.9 Å². The van der Waals surface area contributed by atoms with Crippen LogP contribution in [0.25, 0.3) is 10.2 Å². The van der Waals surface area contributed by atoms with Crippen LogP contribution in [0.2, 0.25) is 0 Å². The second-order valence-electron chi connectivity index (χ2n) is 5.02. The molecule has 0 N–H and O–H groups in total. The van der Waals surface area contributed by atoms with Gasteiger partial charge in [0.25, 0.3) is 5.91 Å². The fourth-order valence-electron chi connectivity index (χ4n) is 2.43. The molecule has 1 fully saturated rings. The Balaban J connectivity index is 1.95. The normalized spacial score (nSPS) is 15.4. The largest absolute Gasteiger partial charge is 0.305 e. The van der Waals surface area contributed by atoms with Gasteiger partial charge in [0.1, 0.15) is 6.54 Å². The third-order valence-electron chi connectivity index (χ3n) is 3.51. The van der Waals surface area contributed by atoms with Crippen molar-refractivity contribution in [2.24, 2.45) is 4.99 Å². The van der Waals surface area contributed by atoms with Crippen LogP contribution in [-0.4, -0.2) is 33.7 Å². The smallest absolute Gasteiger partial charge is 0.268 e. The quantitative estimate of drug-likeness (QED) is 0.621. The number of nitrogens with zero attached hydrogens (tertiary/aromatic N) is 3. The number of fused-ring (bicyclic) bond motifs is 1. The van der Waals surface area contributed by atoms with E-state index in [4.69, 9.17) is 6.42 Å². The molecule has 3 rings (SSSR count). The molecule has 2 aromatic rings. The van der Waals surface area contributed by atoms with Gasteiger partial charge in [-0.1, -0.05) is 29.4 Å². The van der Waals surface area contributed by atoms with Crippen molar-refractivity contribution in [3.8, 4) is 12.3 Å². The molecule has 2 heterocycles. The monoisotopic (exact) mass is 327 g/mol. The van der Waals surface area contributed by atoms with Crippen molar-refractivity contribution in [1.82, 2.24) is 9.47 Å². The SMILES string of the molecule is C#CCn1c(=NC(=O)CN2C(=O)CCC2=O)sc2ccccc21. The summed E-state index contributed by atoms with van der Waals surface area (Å²) in [6.45, 7) is -0.0281. The lowest BCUT2D eigenvalue weighted by molar-refractivity contribution is -0.141. The first-order valence-corrected chi connectivity index (χ1v) is 7.84. The number of aromatic nitrogens is 1. The molecule has 116 valence electrons. The molecule has 3 amide bonds. The minimum Gasteiger partial charge on any atom is -0.305 e. The van der Waals surface area contributed by atoms with Gasteiger partial charge in [0, 0.05) is 12.8 Å². The minimum atomic E-state index is -0.536. The molecule has 0 saturated carbocycles. The number of thiazole rings is 1. The maximum Gasteiger partial charge on any atom is 0.268 e. The van der Waals surface area contributed by atoms with Gasteiger partial charge in [-0.3, -0.25) is 19.3 Å². The summed E-state index contributed by atoms with van der Waals surface area (Å²) in [7, 11) is 0. The van der Waals surface area contributed by atoms with Gasteiger partial charge in [-0.05, 0) is 12.1 Å². The standard InChI is InChI=1S/C16H13N3O3S/c1-2-9-18-11-5-3-4-6-12(11)23-16(18)17-13(20)10-19-14(21)7-8-15(19)22/h1,3-6H,7-10H2. The number of hydrogen-bond acceptors (Lipinski definition) is 4. The van der Waals surface area contributed by atoms with Crippen LogP contribution in [0.3, 0.4) is 0 Å². The first kappa shape index (κ1) is 15.2. The van der Waals surface area contributed by atoms with E-state index < -0.39 is 5.91 Å². The van der Waals surface area contributed by atoms with Gasteiger partial charge in [-0.2, -0.15) is 4.99 Å². The van der Waals surface area contributed by atoms with Crippen LogP contribution in [0.4, 0.5) is 0 Å². The molecule has 0 aliphatic carbocycles. The van der Waals surface area contributed by atoms with Crippen molar-refractivity contribution in [3.05, 3.63) is 29.1 Å². The summed E-state index contributed by atoms with van der Waals surface area (Å²) in [5.74, 6) is 1.35. The summed E-state index contributed by atoms with van der Waals surface area (Å²) < 4.78 is 2.73. The molecule has 1 aromatic heterocycles. The van der Waals surface area contributed by atoms with Gasteiger partial charge < -0.3 is 4.57 Å². The minimum absolute atomic E-state index is 0.159. The fourth-order valence-corrected chi connectivity index (χ4v) is 3.47. The van der Waals surface area contributed by atoms with Gasteiger partial charge >= 0.3 is 0 Å². The van der Waals surface area contributed by atoms with Crippen LogP contribution in [0.1, 0.15) is 12.8 Å². The Labute approximate surface area is 136 Å². The van der Waals surface area contributed by atoms with Crippen LogP contribution in [-0.2, 0) is 20.9 Å². The zero-order valence-corrected chi connectivity index (χ0v) is 13.0. The Bertz CT molecular complexity index is 901. The van der Waals surface area contributed by atoms with E-state index in [9.17, 15) is 14.4 Å². The van der Waals surface area contributed by atoms with E-state index in [-0.39, 0.29) is 37.7 Å². The highest BCUT2D eigenvalue weighted by Crippen LogP contribution is 2.16. The zero-order chi connectivity index (χ0) is 16.4. The number of hydrogen-bond donors (Lipinski definition) is 0. The maximum atomic E-state index is 12.1. The molecule has 0 spiro atoms. The zero-order valence-electron chi connectivity index (χ0n) is 12.2. The molecule has 6 nitrogen and oxygen atoms in total. The van der Waals surface area contributed by atoms with Crippen LogP contribution in [0, 0.1) is 12.3 Å². The van der Waals surface area contributed by atoms with E-state index in [1.165, 1.54) is 11.3 Å². The summed E-state index contributed by atoms with van der Waals surface area (Å²) in [4.78, 5) is 40.7. The number of para-hydroxylation sites is 1. The van der Waals surface area contributed by atoms with Crippen LogP contribution in [0.5, 0.6) is 0 Å². The van der Waals surface area contributed by atoms with E-state index in [0.29, 0.717) is 4.80 Å². The molecule has 1 aliphatic rings. The summed E-state index contributed by atoms with van der Waals surface area (Å²) in [6.07, 6.45) is 5.71. The number of carbonyl (C=O) groups excluding carboxylic acids is 3. The number of imide groups is 1. The fraction of sp³-hybridized carbons (Fsp3) is 0.250. The van der Waals surface area contributed by atoms with Crippen LogP contribution in [0.15, 0.2) is 29.3 Å². The summed E-state index contributed by atoms with van der Waals surface area (Å²) >= 11 is 1.34. The number of carbonyl (C=O) groups is 3. The summed E-state index contributed by atoms with van der Waals surface area (Å²) in [6, 6.07) is 7.60. The number of benzene rings is 1. The Kier molecular flexibility index (Phi) is 4.08. The molecule has 23 heavy (non-hydrogen) atoms. The lowest BCUT2D eigenvalue weighted by Gasteiger charge is -2.09. The van der Waals surface area contributed by atoms with Crippen molar-refractivity contribution in [3.63, 3.8) is 0 Å². The first-order valence-electron chi connectivity index (χ1n) is 7.02. The highest BCUT2D eigenvalue weighted by atomic mass is 32.1. The van der Waals surface area contributed by atoms with Gasteiger partial charge in [0.15, 0.2) is 4.80 Å². The number of likely N-dealkylation sites (tertiary alicyclic amines) is 1. The Morgan fingerprint density at radius 3 is 2.65 bits per heavy atom. The van der Waals surface area contributed by atoms with E-state index in [1.54, 1.807) is 4.57 Å². The maximum absolute atomic E-state index is 12.1. The number of amides is 3. The van der Waals surface area contributed by atoms with E-state index in [1.807, 2.05) is 24.3 Å². The van der Waals surface area contributed by atoms with Crippen LogP contribution < -0.4 is 4.80 Å². The molecule has 0 unspecified atom stereocenters. The van der Waals surface area contributed by atoms with E-state index >= 15 is 0 Å². The van der Waals surface area contributed by atoms with Crippen LogP contribution >= 0.6 is 11.3 Å². The highest BCUT2D eigenvalue weighted by Gasteiger charge is 2.30. The third-order valence-corrected chi connectivity index (χ3v) is 4.57. The molecule has 7 heteroatoms. The first-order chi connectivity index (χ1) is 11.1. The van der Waals surface area contributed by atoms with Crippen molar-refractivity contribution in [1.29, 1.82) is 0 Å². The third kappa shape index (κ3) is 2.94. The van der Waals surface area contributed by atoms with Gasteiger partial charge in [0.05, 0.1) is 16.8 Å². The number of terminal acetylenes is 1. The topological polar surface area (TPSA) is 71.7 Å². The average molecular weight is 327 g/mol. The van der Waals surface area contributed by atoms with E-state index in [0.717, 1.165) is 15.1 Å². The summed E-state index contributed by atoms with van der Waals surface area (Å²) in [5.41, 5.74) is 0.898. The second-order valence-corrected chi connectivity index (χ2v) is 6.03. The second kappa shape index (κ2) is 6.18. The molecule has 0 radical (unpaired) electrons. The Morgan fingerprint density at radius 2 is 1.96 bits per heavy atom. The highest BCUT2D eigenvalue weighted by molar-refractivity contribution is 7.16. The lowest BCUT2D eigenvalue weighted by Crippen LogP contribution is -2.34. The summed E-state index contributed by atoms with van der Waals surface area (Å²) in [5, 5.41) is 0. The average Bonchev–Trinajstić information content (AvgIpc) is 3.03. The van der Waals surface area contributed by atoms with Crippen molar-refractivity contribution >= 4 is 39.3 Å². The lowest BCUT2D eigenvalue weighted by atomic mass is 10.3. The molecule has 1 aliphatic heterocycles. The Morgan fingerprint density at radius 1 is 1.26 bits per heavy atom. The van der Waals surface area contributed by atoms with Crippen molar-refractivity contribution < 1.29 is 14.4 Å². The van der Waals surface area contributed by atoms with Crippen molar-refractivity contribution in [2.75, 3.05) is 6.54 Å². The molecule has 1 saturated heterocycles. The molecule has 0 bridgehead atoms. The van der Waals surface area contributed by atoms with Crippen molar-refractivity contribution in [2.45, 2.75) is 19.4 Å². The van der Waals surface area contributed by atoms with Gasteiger partial charge in [-0.15, -0.1) is 6.42 Å². The molecular weight excluding hydrogens is 314 g/mol. The molecule has 1 aromatic carbocycles. The molecular formula is C16H13N3O3S. The van der Waals surface area contributed by atoms with Gasteiger partial charge in [-0.25, -0.2) is 0 Å². The predicted octanol–water partition coefficient (Wildman–Crippen LogP) is 0.912. The number of rotatable bonds is 3. The Hall–Kier alpha value is -2.72. The predicted molar refractivity (Wildman–Crippen MR) is 85.2 cm³/mol. The molecule has 0 atom stereocenters.